The van der Waals surface area contributed by atoms with Crippen molar-refractivity contribution < 1.29 is 0 Å². The van der Waals surface area contributed by atoms with Gasteiger partial charge in [-0.15, -0.1) is 0 Å². The number of aryl methyl sites for hydroxylation is 1. The number of rotatable bonds is 8. The lowest BCUT2D eigenvalue weighted by molar-refractivity contribution is 0.415. The molecule has 1 aromatic rings. The van der Waals surface area contributed by atoms with Crippen LogP contribution in [0.25, 0.3) is 0 Å². The lowest BCUT2D eigenvalue weighted by Gasteiger charge is -2.22. The van der Waals surface area contributed by atoms with Crippen LogP contribution in [0.2, 0.25) is 0 Å². The molecule has 0 bridgehead atoms. The maximum absolute atomic E-state index is 9.19. The van der Waals surface area contributed by atoms with Gasteiger partial charge in [-0.05, 0) is 51.2 Å². The number of nitrogens with one attached hydrogen (secondary N) is 1. The molecular formula is C12H20N4S2. The third-order valence-electron chi connectivity index (χ3n) is 2.57. The summed E-state index contributed by atoms with van der Waals surface area (Å²) in [6.07, 6.45) is 2.93. The highest BCUT2D eigenvalue weighted by atomic mass is 32.2. The number of nitriles is 1. The van der Waals surface area contributed by atoms with Gasteiger partial charge in [-0.2, -0.15) is 9.64 Å². The Kier molecular flexibility index (Phi) is 6.61. The van der Waals surface area contributed by atoms with Crippen molar-refractivity contribution in [3.8, 4) is 6.07 Å². The minimum Gasteiger partial charge on any atom is -0.300 e. The second-order valence-electron chi connectivity index (χ2n) is 4.43. The zero-order valence-electron chi connectivity index (χ0n) is 11.2. The van der Waals surface area contributed by atoms with Crippen molar-refractivity contribution in [1.82, 2.24) is 14.7 Å². The van der Waals surface area contributed by atoms with Crippen molar-refractivity contribution in [3.63, 3.8) is 0 Å². The second kappa shape index (κ2) is 7.72. The molecule has 0 aliphatic heterocycles. The molecule has 0 aliphatic rings. The van der Waals surface area contributed by atoms with E-state index in [0.717, 1.165) is 41.7 Å². The Morgan fingerprint density at radius 1 is 1.56 bits per heavy atom. The van der Waals surface area contributed by atoms with E-state index >= 15 is 0 Å². The summed E-state index contributed by atoms with van der Waals surface area (Å²) in [5.74, 6) is 1.83. The Balaban J connectivity index is 2.25. The first-order valence-electron chi connectivity index (χ1n) is 6.19. The monoisotopic (exact) mass is 284 g/mol. The molecule has 6 heteroatoms. The van der Waals surface area contributed by atoms with Crippen LogP contribution in [0.3, 0.4) is 0 Å². The van der Waals surface area contributed by atoms with Crippen molar-refractivity contribution in [3.05, 3.63) is 5.82 Å². The zero-order valence-corrected chi connectivity index (χ0v) is 12.8. The molecule has 1 aromatic heterocycles. The van der Waals surface area contributed by atoms with E-state index in [2.05, 4.69) is 27.7 Å². The summed E-state index contributed by atoms with van der Waals surface area (Å²) in [6, 6.07) is 2.37. The molecule has 1 N–H and O–H groups in total. The summed E-state index contributed by atoms with van der Waals surface area (Å²) in [7, 11) is 0. The van der Waals surface area contributed by atoms with Crippen LogP contribution >= 0.6 is 23.3 Å². The van der Waals surface area contributed by atoms with Crippen LogP contribution in [0.5, 0.6) is 0 Å². The van der Waals surface area contributed by atoms with Gasteiger partial charge in [0.1, 0.15) is 11.4 Å². The van der Waals surface area contributed by atoms with Gasteiger partial charge in [-0.3, -0.25) is 5.32 Å². The quantitative estimate of drug-likeness (QED) is 0.587. The highest BCUT2D eigenvalue weighted by Gasteiger charge is 2.21. The fourth-order valence-corrected chi connectivity index (χ4v) is 3.16. The van der Waals surface area contributed by atoms with Crippen molar-refractivity contribution in [2.24, 2.45) is 0 Å². The third kappa shape index (κ3) is 5.34. The van der Waals surface area contributed by atoms with Crippen LogP contribution in [0.4, 0.5) is 0 Å². The van der Waals surface area contributed by atoms with E-state index in [0.29, 0.717) is 0 Å². The van der Waals surface area contributed by atoms with Gasteiger partial charge < -0.3 is 0 Å². The zero-order chi connectivity index (χ0) is 13.4. The Hall–Kier alpha value is -0.640. The first kappa shape index (κ1) is 15.4. The van der Waals surface area contributed by atoms with E-state index in [1.807, 2.05) is 13.8 Å². The van der Waals surface area contributed by atoms with Crippen LogP contribution < -0.4 is 5.32 Å². The standard InChI is InChI=1S/C12H20N4S2/c1-4-7-14-12(3,9-13)6-5-8-17-11-15-10(2)16-18-11/h14H,4-8H2,1-3H3. The van der Waals surface area contributed by atoms with Crippen LogP contribution in [0, 0.1) is 18.3 Å². The number of thioether (sulfide) groups is 1. The number of hydrogen-bond acceptors (Lipinski definition) is 6. The molecule has 1 atom stereocenters. The fourth-order valence-electron chi connectivity index (χ4n) is 1.51. The van der Waals surface area contributed by atoms with E-state index in [4.69, 9.17) is 0 Å². The first-order chi connectivity index (χ1) is 8.59. The smallest absolute Gasteiger partial charge is 0.170 e. The molecule has 0 amide bonds. The van der Waals surface area contributed by atoms with Crippen LogP contribution in [-0.4, -0.2) is 27.2 Å². The molecule has 0 aliphatic carbocycles. The molecule has 100 valence electrons. The Morgan fingerprint density at radius 2 is 2.33 bits per heavy atom. The largest absolute Gasteiger partial charge is 0.300 e. The predicted molar refractivity (Wildman–Crippen MR) is 76.9 cm³/mol. The lowest BCUT2D eigenvalue weighted by Crippen LogP contribution is -2.41. The molecule has 4 nitrogen and oxygen atoms in total. The topological polar surface area (TPSA) is 61.6 Å². The Morgan fingerprint density at radius 3 is 2.89 bits per heavy atom. The minimum absolute atomic E-state index is 0.395. The first-order valence-corrected chi connectivity index (χ1v) is 7.95. The van der Waals surface area contributed by atoms with Gasteiger partial charge in [-0.1, -0.05) is 18.7 Å². The van der Waals surface area contributed by atoms with Gasteiger partial charge in [0, 0.05) is 5.75 Å². The van der Waals surface area contributed by atoms with Gasteiger partial charge in [0.15, 0.2) is 4.34 Å². The predicted octanol–water partition coefficient (Wildman–Crippen LogP) is 3.00. The number of nitrogens with zero attached hydrogens (tertiary/aromatic N) is 3. The van der Waals surface area contributed by atoms with E-state index in [1.54, 1.807) is 11.8 Å². The van der Waals surface area contributed by atoms with Crippen molar-refractivity contribution in [2.75, 3.05) is 12.3 Å². The maximum Gasteiger partial charge on any atom is 0.170 e. The molecular weight excluding hydrogens is 264 g/mol. The van der Waals surface area contributed by atoms with Crippen molar-refractivity contribution >= 4 is 23.3 Å². The van der Waals surface area contributed by atoms with Gasteiger partial charge in [0.2, 0.25) is 0 Å². The number of aromatic nitrogens is 2. The van der Waals surface area contributed by atoms with E-state index in [-0.39, 0.29) is 0 Å². The molecule has 1 heterocycles. The lowest BCUT2D eigenvalue weighted by atomic mass is 9.98. The van der Waals surface area contributed by atoms with Gasteiger partial charge in [0.05, 0.1) is 6.07 Å². The summed E-state index contributed by atoms with van der Waals surface area (Å²) < 4.78 is 5.17. The Bertz CT molecular complexity index is 399. The Labute approximate surface area is 117 Å². The molecule has 0 saturated heterocycles. The highest BCUT2D eigenvalue weighted by molar-refractivity contribution is 8.00. The summed E-state index contributed by atoms with van der Waals surface area (Å²) in [5, 5.41) is 12.5. The van der Waals surface area contributed by atoms with Gasteiger partial charge >= 0.3 is 0 Å². The average Bonchev–Trinajstić information content (AvgIpc) is 2.78. The molecule has 18 heavy (non-hydrogen) atoms. The molecule has 0 spiro atoms. The molecule has 0 saturated carbocycles. The second-order valence-corrected chi connectivity index (χ2v) is 6.52. The van der Waals surface area contributed by atoms with Crippen LogP contribution in [0.1, 0.15) is 38.9 Å². The highest BCUT2D eigenvalue weighted by Crippen LogP contribution is 2.22. The molecule has 1 unspecified atom stereocenters. The molecule has 0 radical (unpaired) electrons. The van der Waals surface area contributed by atoms with E-state index in [1.165, 1.54) is 11.5 Å². The minimum atomic E-state index is -0.395. The summed E-state index contributed by atoms with van der Waals surface area (Å²) in [4.78, 5) is 4.30. The fraction of sp³-hybridized carbons (Fsp3) is 0.750. The average molecular weight is 284 g/mol. The summed E-state index contributed by atoms with van der Waals surface area (Å²) in [5.41, 5.74) is -0.395. The van der Waals surface area contributed by atoms with Crippen molar-refractivity contribution in [2.45, 2.75) is 49.9 Å². The van der Waals surface area contributed by atoms with E-state index in [9.17, 15) is 5.26 Å². The van der Waals surface area contributed by atoms with Crippen LogP contribution in [-0.2, 0) is 0 Å². The molecule has 1 rings (SSSR count). The molecule has 0 fully saturated rings. The van der Waals surface area contributed by atoms with Gasteiger partial charge in [-0.25, -0.2) is 4.98 Å². The SMILES string of the molecule is CCCNC(C)(C#N)CCCSc1nc(C)ns1. The van der Waals surface area contributed by atoms with Crippen molar-refractivity contribution in [1.29, 1.82) is 5.26 Å². The molecule has 0 aromatic carbocycles. The maximum atomic E-state index is 9.19. The van der Waals surface area contributed by atoms with Gasteiger partial charge in [0.25, 0.3) is 0 Å². The normalized spacial score (nSPS) is 14.1. The number of hydrogen-bond donors (Lipinski definition) is 1. The third-order valence-corrected chi connectivity index (χ3v) is 4.58. The van der Waals surface area contributed by atoms with E-state index < -0.39 is 5.54 Å². The van der Waals surface area contributed by atoms with Crippen LogP contribution in [0.15, 0.2) is 4.34 Å². The summed E-state index contributed by atoms with van der Waals surface area (Å²) >= 11 is 3.17. The summed E-state index contributed by atoms with van der Waals surface area (Å²) in [6.45, 7) is 6.88.